The molecule has 3 aliphatic rings. The van der Waals surface area contributed by atoms with Gasteiger partial charge >= 0.3 is 0 Å². The van der Waals surface area contributed by atoms with Crippen LogP contribution in [-0.4, -0.2) is 11.2 Å². The van der Waals surface area contributed by atoms with E-state index in [1.807, 2.05) is 0 Å². The van der Waals surface area contributed by atoms with Crippen molar-refractivity contribution in [2.24, 2.45) is 23.7 Å². The average Bonchev–Trinajstić information content (AvgIpc) is 2.72. The Labute approximate surface area is 74.2 Å². The second-order valence-electron chi connectivity index (χ2n) is 5.01. The van der Waals surface area contributed by atoms with Crippen molar-refractivity contribution < 1.29 is 5.11 Å². The summed E-state index contributed by atoms with van der Waals surface area (Å²) in [6.45, 7) is 0. The fourth-order valence-electron chi connectivity index (χ4n) is 4.26. The molecule has 0 aliphatic heterocycles. The van der Waals surface area contributed by atoms with Crippen LogP contribution in [0, 0.1) is 23.7 Å². The standard InChI is InChI=1S/C11H18O/c12-11-9-5-1-3-7(9)8-4-2-6-10(8)11/h7-12H,1-6H2/t7-,8-,9-,10-/m1/s1. The van der Waals surface area contributed by atoms with Crippen molar-refractivity contribution in [1.82, 2.24) is 0 Å². The van der Waals surface area contributed by atoms with Crippen LogP contribution in [0.3, 0.4) is 0 Å². The van der Waals surface area contributed by atoms with Crippen LogP contribution in [0.1, 0.15) is 38.5 Å². The summed E-state index contributed by atoms with van der Waals surface area (Å²) in [5.41, 5.74) is 0. The van der Waals surface area contributed by atoms with E-state index in [-0.39, 0.29) is 6.10 Å². The van der Waals surface area contributed by atoms with Crippen molar-refractivity contribution in [2.75, 3.05) is 0 Å². The molecule has 0 saturated heterocycles. The van der Waals surface area contributed by atoms with Gasteiger partial charge in [-0.15, -0.1) is 0 Å². The van der Waals surface area contributed by atoms with E-state index in [1.54, 1.807) is 0 Å². The number of rotatable bonds is 0. The van der Waals surface area contributed by atoms with Crippen LogP contribution in [0.5, 0.6) is 0 Å². The summed E-state index contributed by atoms with van der Waals surface area (Å²) in [4.78, 5) is 0. The predicted molar refractivity (Wildman–Crippen MR) is 47.7 cm³/mol. The van der Waals surface area contributed by atoms with Gasteiger partial charge in [-0.2, -0.15) is 0 Å². The molecule has 0 heterocycles. The molecule has 0 aromatic heterocycles. The molecular formula is C11H18O. The Kier molecular flexibility index (Phi) is 1.52. The summed E-state index contributed by atoms with van der Waals surface area (Å²) in [6.07, 6.45) is 8.33. The molecule has 1 N–H and O–H groups in total. The molecule has 0 unspecified atom stereocenters. The number of aliphatic hydroxyl groups is 1. The molecule has 4 atom stereocenters. The van der Waals surface area contributed by atoms with E-state index in [4.69, 9.17) is 0 Å². The Balaban J connectivity index is 1.89. The molecule has 12 heavy (non-hydrogen) atoms. The predicted octanol–water partition coefficient (Wildman–Crippen LogP) is 2.19. The van der Waals surface area contributed by atoms with Gasteiger partial charge in [0, 0.05) is 0 Å². The Morgan fingerprint density at radius 1 is 0.667 bits per heavy atom. The smallest absolute Gasteiger partial charge is 0.0602 e. The molecule has 3 rings (SSSR count). The zero-order valence-electron chi connectivity index (χ0n) is 7.58. The second kappa shape index (κ2) is 2.47. The SMILES string of the molecule is OC1[C@@H]2CCC[C@@H]2[C@H]2CCC[C@@H]12. The van der Waals surface area contributed by atoms with Gasteiger partial charge in [0.2, 0.25) is 0 Å². The molecule has 68 valence electrons. The van der Waals surface area contributed by atoms with E-state index in [2.05, 4.69) is 0 Å². The Bertz CT molecular complexity index is 169. The van der Waals surface area contributed by atoms with E-state index in [0.717, 1.165) is 11.8 Å². The molecule has 0 spiro atoms. The van der Waals surface area contributed by atoms with Crippen molar-refractivity contribution in [3.05, 3.63) is 0 Å². The first kappa shape index (κ1) is 7.37. The first-order valence-corrected chi connectivity index (χ1v) is 5.56. The van der Waals surface area contributed by atoms with Crippen molar-refractivity contribution >= 4 is 0 Å². The summed E-state index contributed by atoms with van der Waals surface area (Å²) >= 11 is 0. The number of aliphatic hydroxyl groups excluding tert-OH is 1. The first-order valence-electron chi connectivity index (χ1n) is 5.56. The quantitative estimate of drug-likeness (QED) is 0.585. The van der Waals surface area contributed by atoms with Crippen LogP contribution < -0.4 is 0 Å². The molecule has 0 radical (unpaired) electrons. The third-order valence-electron chi connectivity index (χ3n) is 4.68. The zero-order valence-corrected chi connectivity index (χ0v) is 7.58. The highest BCUT2D eigenvalue weighted by molar-refractivity contribution is 5.02. The lowest BCUT2D eigenvalue weighted by molar-refractivity contribution is 0.0854. The molecule has 3 fully saturated rings. The molecule has 0 aromatic rings. The highest BCUT2D eigenvalue weighted by Crippen LogP contribution is 2.56. The first-order chi connectivity index (χ1) is 5.88. The highest BCUT2D eigenvalue weighted by atomic mass is 16.3. The lowest BCUT2D eigenvalue weighted by atomic mass is 9.90. The molecule has 3 aliphatic carbocycles. The third kappa shape index (κ3) is 0.783. The van der Waals surface area contributed by atoms with E-state index in [9.17, 15) is 5.11 Å². The van der Waals surface area contributed by atoms with Gasteiger partial charge in [0.1, 0.15) is 0 Å². The fourth-order valence-corrected chi connectivity index (χ4v) is 4.26. The van der Waals surface area contributed by atoms with Crippen LogP contribution in [0.2, 0.25) is 0 Å². The third-order valence-corrected chi connectivity index (χ3v) is 4.68. The summed E-state index contributed by atoms with van der Waals surface area (Å²) in [5.74, 6) is 3.26. The lowest BCUT2D eigenvalue weighted by Gasteiger charge is -2.16. The molecule has 0 amide bonds. The van der Waals surface area contributed by atoms with Crippen molar-refractivity contribution in [3.8, 4) is 0 Å². The number of fused-ring (bicyclic) bond motifs is 3. The highest BCUT2D eigenvalue weighted by Gasteiger charge is 2.52. The monoisotopic (exact) mass is 166 g/mol. The maximum Gasteiger partial charge on any atom is 0.0602 e. The summed E-state index contributed by atoms with van der Waals surface area (Å²) < 4.78 is 0. The summed E-state index contributed by atoms with van der Waals surface area (Å²) in [5, 5.41) is 10.1. The van der Waals surface area contributed by atoms with E-state index in [0.29, 0.717) is 11.8 Å². The molecule has 0 aromatic carbocycles. The van der Waals surface area contributed by atoms with Crippen molar-refractivity contribution in [2.45, 2.75) is 44.6 Å². The van der Waals surface area contributed by atoms with Gasteiger partial charge in [-0.1, -0.05) is 12.8 Å². The maximum absolute atomic E-state index is 10.1. The molecule has 3 saturated carbocycles. The largest absolute Gasteiger partial charge is 0.393 e. The van der Waals surface area contributed by atoms with Gasteiger partial charge in [-0.25, -0.2) is 0 Å². The van der Waals surface area contributed by atoms with Gasteiger partial charge < -0.3 is 5.11 Å². The minimum atomic E-state index is 0.0880. The average molecular weight is 166 g/mol. The lowest BCUT2D eigenvalue weighted by Crippen LogP contribution is -2.20. The Morgan fingerprint density at radius 3 is 1.58 bits per heavy atom. The van der Waals surface area contributed by atoms with Crippen LogP contribution in [0.25, 0.3) is 0 Å². The number of hydrogen-bond acceptors (Lipinski definition) is 1. The topological polar surface area (TPSA) is 20.2 Å². The maximum atomic E-state index is 10.1. The van der Waals surface area contributed by atoms with Crippen LogP contribution in [0.15, 0.2) is 0 Å². The van der Waals surface area contributed by atoms with Gasteiger partial charge in [0.05, 0.1) is 6.10 Å². The minimum absolute atomic E-state index is 0.0880. The van der Waals surface area contributed by atoms with Gasteiger partial charge in [-0.05, 0) is 49.4 Å². The Hall–Kier alpha value is -0.0400. The van der Waals surface area contributed by atoms with Crippen LogP contribution in [-0.2, 0) is 0 Å². The number of hydrogen-bond donors (Lipinski definition) is 1. The molecular weight excluding hydrogens is 148 g/mol. The van der Waals surface area contributed by atoms with E-state index >= 15 is 0 Å². The molecule has 0 bridgehead atoms. The minimum Gasteiger partial charge on any atom is -0.393 e. The van der Waals surface area contributed by atoms with Gasteiger partial charge in [0.15, 0.2) is 0 Å². The Morgan fingerprint density at radius 2 is 1.08 bits per heavy atom. The van der Waals surface area contributed by atoms with Crippen molar-refractivity contribution in [3.63, 3.8) is 0 Å². The fraction of sp³-hybridized carbons (Fsp3) is 1.00. The normalized spacial score (nSPS) is 57.2. The van der Waals surface area contributed by atoms with Crippen molar-refractivity contribution in [1.29, 1.82) is 0 Å². The summed E-state index contributed by atoms with van der Waals surface area (Å²) in [7, 11) is 0. The second-order valence-corrected chi connectivity index (χ2v) is 5.01. The van der Waals surface area contributed by atoms with E-state index in [1.165, 1.54) is 38.5 Å². The van der Waals surface area contributed by atoms with E-state index < -0.39 is 0 Å². The van der Waals surface area contributed by atoms with Gasteiger partial charge in [-0.3, -0.25) is 0 Å². The molecule has 1 nitrogen and oxygen atoms in total. The van der Waals surface area contributed by atoms with Crippen LogP contribution >= 0.6 is 0 Å². The zero-order chi connectivity index (χ0) is 8.13. The van der Waals surface area contributed by atoms with Crippen LogP contribution in [0.4, 0.5) is 0 Å². The summed E-state index contributed by atoms with van der Waals surface area (Å²) in [6, 6.07) is 0. The van der Waals surface area contributed by atoms with Gasteiger partial charge in [0.25, 0.3) is 0 Å². The molecule has 1 heteroatoms.